The lowest BCUT2D eigenvalue weighted by molar-refractivity contribution is -0.560. The number of benzene rings is 1. The lowest BCUT2D eigenvalue weighted by atomic mass is 9.67. The van der Waals surface area contributed by atoms with Crippen molar-refractivity contribution in [2.24, 2.45) is 0 Å². The third-order valence-corrected chi connectivity index (χ3v) is 12.2. The molecule has 0 saturated carbocycles. The van der Waals surface area contributed by atoms with E-state index in [4.69, 9.17) is 32.6 Å². The van der Waals surface area contributed by atoms with E-state index in [2.05, 4.69) is 39.2 Å². The van der Waals surface area contributed by atoms with Crippen LogP contribution >= 0.6 is 0 Å². The fourth-order valence-electron chi connectivity index (χ4n) is 4.77. The molecule has 0 aromatic heterocycles. The van der Waals surface area contributed by atoms with Crippen LogP contribution in [0.1, 0.15) is 34.6 Å². The van der Waals surface area contributed by atoms with E-state index < -0.39 is 27.1 Å². The van der Waals surface area contributed by atoms with E-state index in [9.17, 15) is 0 Å². The highest BCUT2D eigenvalue weighted by molar-refractivity contribution is 6.78. The van der Waals surface area contributed by atoms with Crippen molar-refractivity contribution in [2.45, 2.75) is 83.1 Å². The molecule has 1 N–H and O–H groups in total. The Bertz CT molecular complexity index is 977. The molecule has 0 unspecified atom stereocenters. The second kappa shape index (κ2) is 9.13. The molecule has 4 atom stereocenters. The van der Waals surface area contributed by atoms with Crippen LogP contribution in [0.3, 0.4) is 0 Å². The number of para-hydroxylation sites is 1. The summed E-state index contributed by atoms with van der Waals surface area (Å²) in [5, 5.41) is 3.25. The molecule has 3 heterocycles. The van der Waals surface area contributed by atoms with Crippen molar-refractivity contribution in [1.29, 1.82) is 0 Å². The molecule has 9 nitrogen and oxygen atoms in total. The highest BCUT2D eigenvalue weighted by Crippen LogP contribution is 2.43. The predicted molar refractivity (Wildman–Crippen MR) is 137 cm³/mol. The molecule has 196 valence electrons. The zero-order valence-electron chi connectivity index (χ0n) is 22.7. The van der Waals surface area contributed by atoms with Gasteiger partial charge in [-0.2, -0.15) is 4.58 Å². The minimum atomic E-state index is -2.18. The lowest BCUT2D eigenvalue weighted by Crippen LogP contribution is -2.64. The summed E-state index contributed by atoms with van der Waals surface area (Å²) in [6.45, 7) is 13.3. The first-order valence-corrected chi connectivity index (χ1v) is 15.2. The fraction of sp³-hybridized carbons (Fsp3) is 0.708. The van der Waals surface area contributed by atoms with Crippen LogP contribution in [0.4, 0.5) is 5.69 Å². The van der Waals surface area contributed by atoms with Gasteiger partial charge >= 0.3 is 12.8 Å². The number of fused-ring (bicyclic) bond motifs is 2. The average molecular weight is 508 g/mol. The molecule has 0 bridgehead atoms. The lowest BCUT2D eigenvalue weighted by Gasteiger charge is -2.43. The van der Waals surface area contributed by atoms with Gasteiger partial charge < -0.3 is 32.6 Å². The molecule has 3 aliphatic rings. The van der Waals surface area contributed by atoms with Crippen LogP contribution in [0.25, 0.3) is 0 Å². The molecule has 4 rings (SSSR count). The van der Waals surface area contributed by atoms with E-state index in [0.29, 0.717) is 12.6 Å². The molecule has 2 saturated heterocycles. The number of nitrogens with zero attached hydrogens (tertiary/aromatic N) is 1. The molecule has 0 spiro atoms. The van der Waals surface area contributed by atoms with Crippen LogP contribution in [0.5, 0.6) is 0 Å². The van der Waals surface area contributed by atoms with Gasteiger partial charge in [-0.3, -0.25) is 0 Å². The Morgan fingerprint density at radius 1 is 1.09 bits per heavy atom. The molecule has 11 heteroatoms. The number of nitrogens with one attached hydrogen (secondary N) is 1. The van der Waals surface area contributed by atoms with E-state index >= 15 is 0 Å². The minimum absolute atomic E-state index is 0.0924. The number of amidine groups is 1. The van der Waals surface area contributed by atoms with E-state index in [0.717, 1.165) is 11.2 Å². The van der Waals surface area contributed by atoms with Crippen LogP contribution in [0.2, 0.25) is 18.1 Å². The predicted octanol–water partition coefficient (Wildman–Crippen LogP) is 2.64. The Balaban J connectivity index is 1.72. The van der Waals surface area contributed by atoms with Gasteiger partial charge in [-0.15, -0.1) is 0 Å². The van der Waals surface area contributed by atoms with Crippen LogP contribution < -0.4 is 10.8 Å². The summed E-state index contributed by atoms with van der Waals surface area (Å²) in [5.41, 5.74) is 1.64. The number of rotatable bonds is 6. The maximum atomic E-state index is 6.65. The van der Waals surface area contributed by atoms with Crippen LogP contribution in [0, 0.1) is 0 Å². The van der Waals surface area contributed by atoms with Crippen LogP contribution in [-0.4, -0.2) is 83.9 Å². The van der Waals surface area contributed by atoms with Crippen molar-refractivity contribution in [1.82, 2.24) is 5.32 Å². The van der Waals surface area contributed by atoms with E-state index in [1.807, 2.05) is 42.7 Å². The fourth-order valence-corrected chi connectivity index (χ4v) is 5.78. The van der Waals surface area contributed by atoms with Crippen molar-refractivity contribution in [3.8, 4) is 0 Å². The monoisotopic (exact) mass is 508 g/mol. The Labute approximate surface area is 210 Å². The van der Waals surface area contributed by atoms with Gasteiger partial charge in [0.15, 0.2) is 20.2 Å². The molecule has 1 aromatic carbocycles. The van der Waals surface area contributed by atoms with Crippen molar-refractivity contribution < 1.29 is 37.2 Å². The number of ether oxygens (including phenoxy) is 3. The quantitative estimate of drug-likeness (QED) is 0.464. The van der Waals surface area contributed by atoms with E-state index in [1.165, 1.54) is 0 Å². The third-order valence-electron chi connectivity index (χ3n) is 7.69. The summed E-state index contributed by atoms with van der Waals surface area (Å²) >= 11 is 0. The SMILES string of the molecule is CNC1=[N+]([C@H]2O[C@H](CO[Si](C)(C)C(C)(C)C)[C@H]3OC(C)(C)O[C@H]32)c2ccccc2[B-](OC)(OC)O1. The van der Waals surface area contributed by atoms with Gasteiger partial charge in [0.2, 0.25) is 6.23 Å². The summed E-state index contributed by atoms with van der Waals surface area (Å²) in [6.07, 6.45) is -1.45. The largest absolute Gasteiger partial charge is 0.604 e. The molecule has 0 radical (unpaired) electrons. The smallest absolute Gasteiger partial charge is 0.474 e. The summed E-state index contributed by atoms with van der Waals surface area (Å²) in [6, 6.07) is 8.31. The third kappa shape index (κ3) is 4.56. The second-order valence-electron chi connectivity index (χ2n) is 11.4. The van der Waals surface area contributed by atoms with E-state index in [-0.39, 0.29) is 23.4 Å². The van der Waals surface area contributed by atoms with Gasteiger partial charge in [0, 0.05) is 0 Å². The Hall–Kier alpha value is -1.47. The second-order valence-corrected chi connectivity index (χ2v) is 16.2. The highest BCUT2D eigenvalue weighted by Gasteiger charge is 2.60. The standard InChI is InChI=1S/C24H40BN2O7Si/c1-23(2,3)35(9,10)30-15-18-19-20(33-24(4,5)32-19)21(31-18)27-17-14-12-11-13-16(17)25(28-7,29-8)34-22(27)26-6/h11-14,18-21H,15H2,1-10H3/q-1/p+1/t18-,19-,20-,21+/m1/s1. The van der Waals surface area contributed by atoms with Crippen LogP contribution in [-0.2, 0) is 32.6 Å². The van der Waals surface area contributed by atoms with E-state index in [1.54, 1.807) is 21.3 Å². The normalized spacial score (nSPS) is 29.5. The number of hydrogen-bond acceptors (Lipinski definition) is 8. The topological polar surface area (TPSA) is 79.7 Å². The molecular formula is C24H41BN2O7Si. The van der Waals surface area contributed by atoms with Crippen molar-refractivity contribution >= 4 is 32.2 Å². The molecule has 0 amide bonds. The van der Waals surface area contributed by atoms with Crippen molar-refractivity contribution in [3.05, 3.63) is 24.3 Å². The first-order valence-electron chi connectivity index (χ1n) is 12.3. The van der Waals surface area contributed by atoms with Gasteiger partial charge in [-0.25, -0.2) is 5.32 Å². The molecule has 3 aliphatic heterocycles. The minimum Gasteiger partial charge on any atom is -0.604 e. The van der Waals surface area contributed by atoms with Gasteiger partial charge in [-0.1, -0.05) is 44.4 Å². The average Bonchev–Trinajstić information content (AvgIpc) is 3.28. The Kier molecular flexibility index (Phi) is 6.93. The molecule has 2 fully saturated rings. The van der Waals surface area contributed by atoms with Gasteiger partial charge in [0.1, 0.15) is 17.9 Å². The summed E-state index contributed by atoms with van der Waals surface area (Å²) in [4.78, 5) is 0. The molecular weight excluding hydrogens is 467 g/mol. The maximum absolute atomic E-state index is 6.65. The Morgan fingerprint density at radius 3 is 2.31 bits per heavy atom. The number of hydrogen-bond donors (Lipinski definition) is 1. The highest BCUT2D eigenvalue weighted by atomic mass is 28.4. The summed E-state index contributed by atoms with van der Waals surface area (Å²) in [5.74, 6) is -0.741. The zero-order chi connectivity index (χ0) is 25.8. The first-order chi connectivity index (χ1) is 16.3. The van der Waals surface area contributed by atoms with Gasteiger partial charge in [0.05, 0.1) is 13.7 Å². The first kappa shape index (κ1) is 26.6. The zero-order valence-corrected chi connectivity index (χ0v) is 23.7. The molecule has 35 heavy (non-hydrogen) atoms. The van der Waals surface area contributed by atoms with Crippen molar-refractivity contribution in [2.75, 3.05) is 27.9 Å². The molecule has 0 aliphatic carbocycles. The van der Waals surface area contributed by atoms with Gasteiger partial charge in [0.25, 0.3) is 0 Å². The van der Waals surface area contributed by atoms with Crippen molar-refractivity contribution in [3.63, 3.8) is 0 Å². The summed E-state index contributed by atoms with van der Waals surface area (Å²) < 4.78 is 45.8. The molecule has 1 aromatic rings. The summed E-state index contributed by atoms with van der Waals surface area (Å²) in [7, 11) is 2.97. The Morgan fingerprint density at radius 2 is 1.71 bits per heavy atom. The maximum Gasteiger partial charge on any atom is 0.474 e. The van der Waals surface area contributed by atoms with Crippen LogP contribution in [0.15, 0.2) is 24.3 Å². The van der Waals surface area contributed by atoms with Gasteiger partial charge in [-0.05, 0) is 52.3 Å².